The van der Waals surface area contributed by atoms with Gasteiger partial charge in [0, 0.05) is 35.8 Å². The van der Waals surface area contributed by atoms with Gasteiger partial charge in [-0.25, -0.2) is 0 Å². The van der Waals surface area contributed by atoms with Crippen molar-refractivity contribution in [1.82, 2.24) is 15.5 Å². The van der Waals surface area contributed by atoms with E-state index in [2.05, 4.69) is 28.5 Å². The third-order valence-electron chi connectivity index (χ3n) is 3.30. The summed E-state index contributed by atoms with van der Waals surface area (Å²) in [5.41, 5.74) is 0. The summed E-state index contributed by atoms with van der Waals surface area (Å²) in [6.07, 6.45) is 0.914. The van der Waals surface area contributed by atoms with E-state index >= 15 is 0 Å². The molecule has 2 heterocycles. The minimum atomic E-state index is -0.00522. The molecule has 1 aliphatic heterocycles. The lowest BCUT2D eigenvalue weighted by molar-refractivity contribution is -0.122. The van der Waals surface area contributed by atoms with Crippen molar-refractivity contribution in [2.24, 2.45) is 0 Å². The van der Waals surface area contributed by atoms with Gasteiger partial charge in [-0.2, -0.15) is 0 Å². The Morgan fingerprint density at radius 1 is 1.45 bits per heavy atom. The van der Waals surface area contributed by atoms with Crippen molar-refractivity contribution in [3.8, 4) is 0 Å². The van der Waals surface area contributed by atoms with Crippen molar-refractivity contribution in [3.63, 3.8) is 0 Å². The Balaban J connectivity index is 1.69. The van der Waals surface area contributed by atoms with Gasteiger partial charge in [0.25, 0.3) is 0 Å². The van der Waals surface area contributed by atoms with Gasteiger partial charge >= 0.3 is 0 Å². The summed E-state index contributed by atoms with van der Waals surface area (Å²) in [5.74, 6) is 0.0360. The van der Waals surface area contributed by atoms with Crippen LogP contribution in [0.2, 0.25) is 0 Å². The average molecular weight is 295 g/mol. The topological polar surface area (TPSA) is 61.4 Å². The zero-order valence-corrected chi connectivity index (χ0v) is 12.8. The molecule has 1 atom stereocenters. The molecule has 1 aromatic heterocycles. The van der Waals surface area contributed by atoms with Crippen molar-refractivity contribution in [1.29, 1.82) is 0 Å². The average Bonchev–Trinajstić information content (AvgIpc) is 2.95. The van der Waals surface area contributed by atoms with Gasteiger partial charge in [0.15, 0.2) is 0 Å². The fourth-order valence-electron chi connectivity index (χ4n) is 2.41. The molecule has 0 spiro atoms. The second kappa shape index (κ2) is 6.85. The van der Waals surface area contributed by atoms with Gasteiger partial charge in [-0.05, 0) is 25.5 Å². The minimum absolute atomic E-state index is 0.00522. The molecule has 5 nitrogen and oxygen atoms in total. The maximum absolute atomic E-state index is 11.9. The van der Waals surface area contributed by atoms with Gasteiger partial charge in [0.05, 0.1) is 13.1 Å². The molecule has 0 aliphatic carbocycles. The largest absolute Gasteiger partial charge is 0.352 e. The SMILES string of the molecule is CC(=O)NC1CCN(CC(=O)NCc2ccc(C)s2)C1. The Morgan fingerprint density at radius 3 is 2.90 bits per heavy atom. The number of amides is 2. The number of likely N-dealkylation sites (tertiary alicyclic amines) is 1. The maximum Gasteiger partial charge on any atom is 0.234 e. The molecule has 0 bridgehead atoms. The lowest BCUT2D eigenvalue weighted by atomic mass is 10.3. The first-order chi connectivity index (χ1) is 9.52. The molecule has 6 heteroatoms. The molecule has 1 fully saturated rings. The highest BCUT2D eigenvalue weighted by Gasteiger charge is 2.24. The number of thiophene rings is 1. The van der Waals surface area contributed by atoms with Crippen molar-refractivity contribution < 1.29 is 9.59 Å². The van der Waals surface area contributed by atoms with Crippen LogP contribution in [0.25, 0.3) is 0 Å². The normalized spacial score (nSPS) is 19.0. The Labute approximate surface area is 123 Å². The summed E-state index contributed by atoms with van der Waals surface area (Å²) < 4.78 is 0. The van der Waals surface area contributed by atoms with Crippen LogP contribution in [0, 0.1) is 6.92 Å². The quantitative estimate of drug-likeness (QED) is 0.848. The van der Waals surface area contributed by atoms with Gasteiger partial charge in [0.1, 0.15) is 0 Å². The molecule has 0 aromatic carbocycles. The Morgan fingerprint density at radius 2 is 2.25 bits per heavy atom. The van der Waals surface area contributed by atoms with Crippen LogP contribution in [0.3, 0.4) is 0 Å². The smallest absolute Gasteiger partial charge is 0.234 e. The molecule has 1 aliphatic rings. The number of hydrogen-bond donors (Lipinski definition) is 2. The molecule has 20 heavy (non-hydrogen) atoms. The van der Waals surface area contributed by atoms with Gasteiger partial charge < -0.3 is 10.6 Å². The molecule has 0 saturated carbocycles. The van der Waals surface area contributed by atoms with E-state index in [1.807, 2.05) is 6.07 Å². The molecule has 1 unspecified atom stereocenters. The molecule has 110 valence electrons. The lowest BCUT2D eigenvalue weighted by Crippen LogP contribution is -2.39. The molecular weight excluding hydrogens is 274 g/mol. The third-order valence-corrected chi connectivity index (χ3v) is 4.30. The summed E-state index contributed by atoms with van der Waals surface area (Å²) in [4.78, 5) is 27.4. The molecule has 2 N–H and O–H groups in total. The van der Waals surface area contributed by atoms with Crippen LogP contribution in [0.1, 0.15) is 23.1 Å². The monoisotopic (exact) mass is 295 g/mol. The molecule has 0 radical (unpaired) electrons. The van der Waals surface area contributed by atoms with Crippen LogP contribution in [-0.2, 0) is 16.1 Å². The number of carbonyl (C=O) groups excluding carboxylic acids is 2. The van der Waals surface area contributed by atoms with Crippen LogP contribution in [0.5, 0.6) is 0 Å². The van der Waals surface area contributed by atoms with Crippen molar-refractivity contribution >= 4 is 23.2 Å². The van der Waals surface area contributed by atoms with Gasteiger partial charge in [-0.1, -0.05) is 0 Å². The highest BCUT2D eigenvalue weighted by atomic mass is 32.1. The van der Waals surface area contributed by atoms with Crippen molar-refractivity contribution in [2.75, 3.05) is 19.6 Å². The second-order valence-electron chi connectivity index (χ2n) is 5.21. The summed E-state index contributed by atoms with van der Waals surface area (Å²) in [5, 5.41) is 5.83. The van der Waals surface area contributed by atoms with Crippen LogP contribution in [0.4, 0.5) is 0 Å². The van der Waals surface area contributed by atoms with Gasteiger partial charge in [-0.3, -0.25) is 14.5 Å². The van der Waals surface area contributed by atoms with E-state index < -0.39 is 0 Å². The molecule has 2 amide bonds. The van der Waals surface area contributed by atoms with Crippen LogP contribution >= 0.6 is 11.3 Å². The van der Waals surface area contributed by atoms with Crippen LogP contribution in [-0.4, -0.2) is 42.4 Å². The molecule has 1 aromatic rings. The van der Waals surface area contributed by atoms with Crippen LogP contribution in [0.15, 0.2) is 12.1 Å². The minimum Gasteiger partial charge on any atom is -0.352 e. The van der Waals surface area contributed by atoms with Crippen LogP contribution < -0.4 is 10.6 Å². The van der Waals surface area contributed by atoms with E-state index in [1.54, 1.807) is 11.3 Å². The van der Waals surface area contributed by atoms with E-state index in [4.69, 9.17) is 0 Å². The zero-order valence-electron chi connectivity index (χ0n) is 11.9. The molecular formula is C14H21N3O2S. The van der Waals surface area contributed by atoms with E-state index in [0.717, 1.165) is 19.5 Å². The second-order valence-corrected chi connectivity index (χ2v) is 6.58. The third kappa shape index (κ3) is 4.61. The first-order valence-corrected chi connectivity index (χ1v) is 7.66. The first kappa shape index (κ1) is 15.0. The van der Waals surface area contributed by atoms with Crippen molar-refractivity contribution in [3.05, 3.63) is 21.9 Å². The molecule has 2 rings (SSSR count). The fourth-order valence-corrected chi connectivity index (χ4v) is 3.24. The zero-order chi connectivity index (χ0) is 14.5. The predicted octanol–water partition coefficient (Wildman–Crippen LogP) is 0.883. The van der Waals surface area contributed by atoms with Gasteiger partial charge in [0.2, 0.25) is 11.8 Å². The van der Waals surface area contributed by atoms with E-state index in [0.29, 0.717) is 13.1 Å². The fraction of sp³-hybridized carbons (Fsp3) is 0.571. The summed E-state index contributed by atoms with van der Waals surface area (Å²) in [6, 6.07) is 4.29. The van der Waals surface area contributed by atoms with E-state index in [-0.39, 0.29) is 17.9 Å². The predicted molar refractivity (Wildman–Crippen MR) is 79.6 cm³/mol. The first-order valence-electron chi connectivity index (χ1n) is 6.84. The highest BCUT2D eigenvalue weighted by molar-refractivity contribution is 7.11. The summed E-state index contributed by atoms with van der Waals surface area (Å²) >= 11 is 1.70. The summed E-state index contributed by atoms with van der Waals surface area (Å²) in [6.45, 7) is 6.20. The number of nitrogens with one attached hydrogen (secondary N) is 2. The maximum atomic E-state index is 11.9. The lowest BCUT2D eigenvalue weighted by Gasteiger charge is -2.15. The van der Waals surface area contributed by atoms with Crippen molar-refractivity contribution in [2.45, 2.75) is 32.9 Å². The number of hydrogen-bond acceptors (Lipinski definition) is 4. The number of carbonyl (C=O) groups is 2. The van der Waals surface area contributed by atoms with Gasteiger partial charge in [-0.15, -0.1) is 11.3 Å². The molecule has 1 saturated heterocycles. The number of rotatable bonds is 5. The number of aryl methyl sites for hydroxylation is 1. The van der Waals surface area contributed by atoms with E-state index in [1.165, 1.54) is 16.7 Å². The number of nitrogens with zero attached hydrogens (tertiary/aromatic N) is 1. The summed E-state index contributed by atoms with van der Waals surface area (Å²) in [7, 11) is 0. The Kier molecular flexibility index (Phi) is 5.14. The highest BCUT2D eigenvalue weighted by Crippen LogP contribution is 2.14. The Hall–Kier alpha value is -1.40. The Bertz CT molecular complexity index is 487. The standard InChI is InChI=1S/C14H21N3O2S/c1-10-3-4-13(20-10)7-15-14(19)9-17-6-5-12(8-17)16-11(2)18/h3-4,12H,5-9H2,1-2H3,(H,15,19)(H,16,18). The van der Waals surface area contributed by atoms with E-state index in [9.17, 15) is 9.59 Å².